The Kier molecular flexibility index (Phi) is 3.33. The van der Waals surface area contributed by atoms with Gasteiger partial charge in [0.2, 0.25) is 0 Å². The van der Waals surface area contributed by atoms with Crippen LogP contribution >= 0.6 is 0 Å². The molecule has 0 radical (unpaired) electrons. The topological polar surface area (TPSA) is 69.0 Å². The Morgan fingerprint density at radius 1 is 1.59 bits per heavy atom. The second-order valence-corrected chi connectivity index (χ2v) is 6.74. The zero-order valence-electron chi connectivity index (χ0n) is 9.80. The SMILES string of the molecule is Cn1nccc1CCC(=O)C1CCS(=O)(=O)C1. The molecule has 0 saturated carbocycles. The monoisotopic (exact) mass is 256 g/mol. The van der Waals surface area contributed by atoms with Gasteiger partial charge < -0.3 is 0 Å². The predicted octanol–water partition coefficient (Wildman–Crippen LogP) is 0.357. The van der Waals surface area contributed by atoms with Gasteiger partial charge in [0.05, 0.1) is 11.5 Å². The quantitative estimate of drug-likeness (QED) is 0.780. The minimum atomic E-state index is -2.96. The molecule has 0 spiro atoms. The number of nitrogens with zero attached hydrogens (tertiary/aromatic N) is 2. The average Bonchev–Trinajstić information content (AvgIpc) is 2.81. The van der Waals surface area contributed by atoms with Crippen LogP contribution < -0.4 is 0 Å². The van der Waals surface area contributed by atoms with Crippen molar-refractivity contribution in [2.75, 3.05) is 11.5 Å². The lowest BCUT2D eigenvalue weighted by atomic mass is 9.99. The van der Waals surface area contributed by atoms with Gasteiger partial charge in [0.25, 0.3) is 0 Å². The molecular weight excluding hydrogens is 240 g/mol. The maximum Gasteiger partial charge on any atom is 0.151 e. The van der Waals surface area contributed by atoms with E-state index in [1.807, 2.05) is 13.1 Å². The molecule has 94 valence electrons. The van der Waals surface area contributed by atoms with Gasteiger partial charge in [-0.05, 0) is 18.9 Å². The summed E-state index contributed by atoms with van der Waals surface area (Å²) in [5.74, 6) is -0.0210. The van der Waals surface area contributed by atoms with E-state index in [9.17, 15) is 13.2 Å². The van der Waals surface area contributed by atoms with Crippen LogP contribution in [0.2, 0.25) is 0 Å². The van der Waals surface area contributed by atoms with Crippen molar-refractivity contribution in [1.82, 2.24) is 9.78 Å². The van der Waals surface area contributed by atoms with E-state index in [0.717, 1.165) is 5.69 Å². The molecule has 6 heteroatoms. The van der Waals surface area contributed by atoms with Crippen LogP contribution in [0, 0.1) is 5.92 Å². The van der Waals surface area contributed by atoms with Crippen LogP contribution in [0.15, 0.2) is 12.3 Å². The van der Waals surface area contributed by atoms with E-state index in [1.54, 1.807) is 10.9 Å². The van der Waals surface area contributed by atoms with E-state index in [-0.39, 0.29) is 23.2 Å². The maximum absolute atomic E-state index is 11.8. The predicted molar refractivity (Wildman–Crippen MR) is 63.3 cm³/mol. The summed E-state index contributed by atoms with van der Waals surface area (Å²) in [6, 6.07) is 1.87. The Bertz CT molecular complexity index is 519. The highest BCUT2D eigenvalue weighted by Crippen LogP contribution is 2.21. The third kappa shape index (κ3) is 2.94. The smallest absolute Gasteiger partial charge is 0.151 e. The van der Waals surface area contributed by atoms with Gasteiger partial charge in [-0.2, -0.15) is 5.10 Å². The summed E-state index contributed by atoms with van der Waals surface area (Å²) >= 11 is 0. The third-order valence-corrected chi connectivity index (χ3v) is 5.01. The van der Waals surface area contributed by atoms with Gasteiger partial charge in [-0.1, -0.05) is 0 Å². The molecule has 1 aromatic rings. The molecule has 1 aromatic heterocycles. The first kappa shape index (κ1) is 12.3. The van der Waals surface area contributed by atoms with Gasteiger partial charge in [0.1, 0.15) is 5.78 Å². The average molecular weight is 256 g/mol. The summed E-state index contributed by atoms with van der Waals surface area (Å²) in [6.45, 7) is 0. The standard InChI is InChI=1S/C11H16N2O3S/c1-13-10(4-6-12-13)2-3-11(14)9-5-7-17(15,16)8-9/h4,6,9H,2-3,5,7-8H2,1H3. The van der Waals surface area contributed by atoms with Crippen molar-refractivity contribution in [3.8, 4) is 0 Å². The molecule has 0 N–H and O–H groups in total. The first-order valence-corrected chi connectivity index (χ1v) is 7.50. The van der Waals surface area contributed by atoms with E-state index in [1.165, 1.54) is 0 Å². The first-order valence-electron chi connectivity index (χ1n) is 5.68. The van der Waals surface area contributed by atoms with E-state index in [2.05, 4.69) is 5.10 Å². The van der Waals surface area contributed by atoms with Crippen LogP contribution in [0.5, 0.6) is 0 Å². The van der Waals surface area contributed by atoms with Gasteiger partial charge in [-0.15, -0.1) is 0 Å². The number of sulfone groups is 1. The van der Waals surface area contributed by atoms with Crippen molar-refractivity contribution < 1.29 is 13.2 Å². The molecule has 5 nitrogen and oxygen atoms in total. The van der Waals surface area contributed by atoms with Crippen molar-refractivity contribution in [2.45, 2.75) is 19.3 Å². The molecule has 1 fully saturated rings. The van der Waals surface area contributed by atoms with Crippen LogP contribution in [0.1, 0.15) is 18.5 Å². The van der Waals surface area contributed by atoms with Crippen molar-refractivity contribution in [3.63, 3.8) is 0 Å². The summed E-state index contributed by atoms with van der Waals surface area (Å²) in [7, 11) is -1.13. The van der Waals surface area contributed by atoms with Crippen molar-refractivity contribution in [3.05, 3.63) is 18.0 Å². The van der Waals surface area contributed by atoms with Crippen LogP contribution in [0.25, 0.3) is 0 Å². The number of rotatable bonds is 4. The van der Waals surface area contributed by atoms with E-state index in [4.69, 9.17) is 0 Å². The van der Waals surface area contributed by atoms with Gasteiger partial charge in [0.15, 0.2) is 9.84 Å². The molecule has 0 bridgehead atoms. The molecular formula is C11H16N2O3S. The summed E-state index contributed by atoms with van der Waals surface area (Å²) in [6.07, 6.45) is 3.22. The van der Waals surface area contributed by atoms with Crippen molar-refractivity contribution >= 4 is 15.6 Å². The van der Waals surface area contributed by atoms with E-state index in [0.29, 0.717) is 19.3 Å². The molecule has 2 heterocycles. The lowest BCUT2D eigenvalue weighted by Gasteiger charge is -2.06. The Balaban J connectivity index is 1.89. The molecule has 1 atom stereocenters. The molecule has 1 aliphatic rings. The lowest BCUT2D eigenvalue weighted by Crippen LogP contribution is -2.17. The van der Waals surface area contributed by atoms with Gasteiger partial charge in [-0.3, -0.25) is 9.48 Å². The fourth-order valence-corrected chi connectivity index (χ4v) is 3.93. The lowest BCUT2D eigenvalue weighted by molar-refractivity contribution is -0.122. The van der Waals surface area contributed by atoms with Crippen molar-refractivity contribution in [2.24, 2.45) is 13.0 Å². The zero-order valence-corrected chi connectivity index (χ0v) is 10.6. The maximum atomic E-state index is 11.8. The first-order chi connectivity index (χ1) is 7.98. The Hall–Kier alpha value is -1.17. The third-order valence-electron chi connectivity index (χ3n) is 3.24. The molecule has 1 unspecified atom stereocenters. The summed E-state index contributed by atoms with van der Waals surface area (Å²) < 4.78 is 24.3. The number of aromatic nitrogens is 2. The van der Waals surface area contributed by atoms with Crippen LogP contribution in [0.3, 0.4) is 0 Å². The molecule has 1 aliphatic heterocycles. The van der Waals surface area contributed by atoms with Gasteiger partial charge >= 0.3 is 0 Å². The van der Waals surface area contributed by atoms with E-state index < -0.39 is 9.84 Å². The second-order valence-electron chi connectivity index (χ2n) is 4.51. The highest BCUT2D eigenvalue weighted by Gasteiger charge is 2.32. The Labute approximate surface area is 101 Å². The number of ketones is 1. The highest BCUT2D eigenvalue weighted by molar-refractivity contribution is 7.91. The number of Topliss-reactive ketones (excluding diaryl/α,β-unsaturated/α-hetero) is 1. The largest absolute Gasteiger partial charge is 0.299 e. The molecule has 17 heavy (non-hydrogen) atoms. The minimum absolute atomic E-state index is 0.0389. The van der Waals surface area contributed by atoms with E-state index >= 15 is 0 Å². The fourth-order valence-electron chi connectivity index (χ4n) is 2.15. The molecule has 0 amide bonds. The molecule has 0 aliphatic carbocycles. The molecule has 0 aromatic carbocycles. The van der Waals surface area contributed by atoms with Gasteiger partial charge in [-0.25, -0.2) is 8.42 Å². The Morgan fingerprint density at radius 2 is 2.35 bits per heavy atom. The number of carbonyl (C=O) groups is 1. The number of carbonyl (C=O) groups excluding carboxylic acids is 1. The second kappa shape index (κ2) is 4.60. The molecule has 1 saturated heterocycles. The van der Waals surface area contributed by atoms with Gasteiger partial charge in [0, 0.05) is 31.3 Å². The summed E-state index contributed by atoms with van der Waals surface area (Å²) in [5.41, 5.74) is 0.999. The number of hydrogen-bond donors (Lipinski definition) is 0. The fraction of sp³-hybridized carbons (Fsp3) is 0.636. The summed E-state index contributed by atoms with van der Waals surface area (Å²) in [4.78, 5) is 11.8. The molecule has 2 rings (SSSR count). The van der Waals surface area contributed by atoms with Crippen LogP contribution in [0.4, 0.5) is 0 Å². The zero-order chi connectivity index (χ0) is 12.5. The minimum Gasteiger partial charge on any atom is -0.299 e. The van der Waals surface area contributed by atoms with Crippen LogP contribution in [-0.4, -0.2) is 35.5 Å². The summed E-state index contributed by atoms with van der Waals surface area (Å²) in [5, 5.41) is 4.02. The highest BCUT2D eigenvalue weighted by atomic mass is 32.2. The number of hydrogen-bond acceptors (Lipinski definition) is 4. The van der Waals surface area contributed by atoms with Crippen LogP contribution in [-0.2, 0) is 28.1 Å². The Morgan fingerprint density at radius 3 is 2.88 bits per heavy atom. The normalized spacial score (nSPS) is 22.8. The number of aryl methyl sites for hydroxylation is 2. The van der Waals surface area contributed by atoms with Crippen molar-refractivity contribution in [1.29, 1.82) is 0 Å².